The van der Waals surface area contributed by atoms with E-state index in [1.807, 2.05) is 0 Å². The summed E-state index contributed by atoms with van der Waals surface area (Å²) in [4.78, 5) is 21.7. The van der Waals surface area contributed by atoms with Gasteiger partial charge in [-0.15, -0.1) is 0 Å². The van der Waals surface area contributed by atoms with Crippen LogP contribution in [0.4, 0.5) is 0 Å². The van der Waals surface area contributed by atoms with Gasteiger partial charge in [0.15, 0.2) is 12.0 Å². The molecule has 0 amide bonds. The summed E-state index contributed by atoms with van der Waals surface area (Å²) in [7, 11) is 0. The van der Waals surface area contributed by atoms with Gasteiger partial charge in [0.2, 0.25) is 0 Å². The lowest BCUT2D eigenvalue weighted by atomic mass is 10.2. The molecule has 0 unspecified atom stereocenters. The van der Waals surface area contributed by atoms with Gasteiger partial charge in [0, 0.05) is 6.07 Å². The van der Waals surface area contributed by atoms with Crippen molar-refractivity contribution in [3.8, 4) is 0 Å². The van der Waals surface area contributed by atoms with Crippen molar-refractivity contribution in [1.82, 2.24) is 0 Å². The molecule has 0 atom stereocenters. The molecule has 1 aromatic heterocycles. The quantitative estimate of drug-likeness (QED) is 0.536. The first kappa shape index (κ1) is 10.5. The van der Waals surface area contributed by atoms with E-state index in [0.29, 0.717) is 6.29 Å². The minimum absolute atomic E-state index is 0.117. The minimum atomic E-state index is -0.546. The lowest BCUT2D eigenvalue weighted by Crippen LogP contribution is -2.23. The normalized spacial score (nSPS) is 11.1. The Hall–Kier alpha value is -1.58. The Labute approximate surface area is 81.9 Å². The Morgan fingerprint density at radius 2 is 2.14 bits per heavy atom. The number of rotatable bonds is 2. The monoisotopic (exact) mass is 196 g/mol. The summed E-state index contributed by atoms with van der Waals surface area (Å²) in [5.41, 5.74) is -0.294. The fourth-order valence-corrected chi connectivity index (χ4v) is 0.859. The first-order chi connectivity index (χ1) is 6.42. The maximum absolute atomic E-state index is 11.4. The molecule has 0 saturated carbocycles. The van der Waals surface area contributed by atoms with E-state index in [-0.39, 0.29) is 11.3 Å². The van der Waals surface area contributed by atoms with Crippen molar-refractivity contribution in [1.29, 1.82) is 0 Å². The van der Waals surface area contributed by atoms with Gasteiger partial charge in [-0.25, -0.2) is 4.79 Å². The van der Waals surface area contributed by atoms with E-state index in [9.17, 15) is 9.59 Å². The molecule has 0 spiro atoms. The van der Waals surface area contributed by atoms with Crippen molar-refractivity contribution in [2.45, 2.75) is 26.4 Å². The summed E-state index contributed by atoms with van der Waals surface area (Å²) in [5.74, 6) is -0.375. The highest BCUT2D eigenvalue weighted by Crippen LogP contribution is 2.13. The van der Waals surface area contributed by atoms with Crippen LogP contribution in [-0.2, 0) is 4.74 Å². The molecule has 4 nitrogen and oxygen atoms in total. The Balaban J connectivity index is 2.75. The third kappa shape index (κ3) is 2.73. The fourth-order valence-electron chi connectivity index (χ4n) is 0.859. The smallest absolute Gasteiger partial charge is 0.341 e. The first-order valence-corrected chi connectivity index (χ1v) is 4.19. The largest absolute Gasteiger partial charge is 0.461 e. The van der Waals surface area contributed by atoms with E-state index in [0.717, 1.165) is 0 Å². The van der Waals surface area contributed by atoms with Crippen LogP contribution in [0.5, 0.6) is 0 Å². The van der Waals surface area contributed by atoms with Crippen molar-refractivity contribution in [2.24, 2.45) is 0 Å². The molecule has 1 heterocycles. The maximum Gasteiger partial charge on any atom is 0.341 e. The molecule has 0 fully saturated rings. The van der Waals surface area contributed by atoms with E-state index in [1.165, 1.54) is 12.3 Å². The third-order valence-corrected chi connectivity index (χ3v) is 1.37. The van der Waals surface area contributed by atoms with Crippen molar-refractivity contribution in [3.05, 3.63) is 23.7 Å². The molecule has 0 aliphatic rings. The Morgan fingerprint density at radius 3 is 2.57 bits per heavy atom. The Morgan fingerprint density at radius 1 is 1.50 bits per heavy atom. The number of carbonyl (C=O) groups is 2. The number of furan rings is 1. The molecule has 0 saturated heterocycles. The van der Waals surface area contributed by atoms with E-state index in [4.69, 9.17) is 9.15 Å². The second-order valence-corrected chi connectivity index (χ2v) is 3.86. The molecule has 0 bridgehead atoms. The minimum Gasteiger partial charge on any atom is -0.461 e. The van der Waals surface area contributed by atoms with Gasteiger partial charge in [0.05, 0.1) is 5.56 Å². The zero-order valence-corrected chi connectivity index (χ0v) is 8.37. The van der Waals surface area contributed by atoms with Crippen LogP contribution in [0.3, 0.4) is 0 Å². The van der Waals surface area contributed by atoms with Crippen molar-refractivity contribution in [3.63, 3.8) is 0 Å². The van der Waals surface area contributed by atoms with Gasteiger partial charge in [0.25, 0.3) is 0 Å². The average molecular weight is 196 g/mol. The van der Waals surface area contributed by atoms with E-state index >= 15 is 0 Å². The molecule has 0 N–H and O–H groups in total. The topological polar surface area (TPSA) is 56.5 Å². The molecular weight excluding hydrogens is 184 g/mol. The standard InChI is InChI=1S/C10H12O4/c1-10(2,3)14-9(12)7-4-8(5-11)13-6-7/h4-6H,1-3H3. The molecule has 0 aromatic carbocycles. The Kier molecular flexibility index (Phi) is 2.74. The van der Waals surface area contributed by atoms with Crippen LogP contribution in [-0.4, -0.2) is 17.9 Å². The highest BCUT2D eigenvalue weighted by Gasteiger charge is 2.19. The molecule has 1 rings (SSSR count). The van der Waals surface area contributed by atoms with Gasteiger partial charge in [-0.05, 0) is 20.8 Å². The lowest BCUT2D eigenvalue weighted by Gasteiger charge is -2.18. The van der Waals surface area contributed by atoms with E-state index < -0.39 is 11.6 Å². The third-order valence-electron chi connectivity index (χ3n) is 1.37. The maximum atomic E-state index is 11.4. The van der Waals surface area contributed by atoms with Crippen LogP contribution in [0.25, 0.3) is 0 Å². The van der Waals surface area contributed by atoms with Crippen LogP contribution in [0.2, 0.25) is 0 Å². The SMILES string of the molecule is CC(C)(C)OC(=O)c1coc(C=O)c1. The Bertz CT molecular complexity index is 343. The summed E-state index contributed by atoms with van der Waals surface area (Å²) in [6.07, 6.45) is 1.74. The summed E-state index contributed by atoms with van der Waals surface area (Å²) in [5, 5.41) is 0. The molecule has 0 aliphatic carbocycles. The van der Waals surface area contributed by atoms with E-state index in [1.54, 1.807) is 20.8 Å². The molecule has 76 valence electrons. The zero-order chi connectivity index (χ0) is 10.8. The number of aldehydes is 1. The predicted octanol–water partition coefficient (Wildman–Crippen LogP) is 2.05. The van der Waals surface area contributed by atoms with Crippen LogP contribution >= 0.6 is 0 Å². The predicted molar refractivity (Wildman–Crippen MR) is 49.3 cm³/mol. The van der Waals surface area contributed by atoms with Gasteiger partial charge in [-0.1, -0.05) is 0 Å². The number of hydrogen-bond donors (Lipinski definition) is 0. The highest BCUT2D eigenvalue weighted by atomic mass is 16.6. The lowest BCUT2D eigenvalue weighted by molar-refractivity contribution is 0.00688. The summed E-state index contributed by atoms with van der Waals surface area (Å²) in [6.45, 7) is 5.31. The molecule has 0 radical (unpaired) electrons. The zero-order valence-electron chi connectivity index (χ0n) is 8.37. The number of carbonyl (C=O) groups excluding carboxylic acids is 2. The van der Waals surface area contributed by atoms with Crippen LogP contribution in [0.15, 0.2) is 16.7 Å². The van der Waals surface area contributed by atoms with Crippen molar-refractivity contribution >= 4 is 12.3 Å². The van der Waals surface area contributed by atoms with Gasteiger partial charge < -0.3 is 9.15 Å². The van der Waals surface area contributed by atoms with E-state index in [2.05, 4.69) is 0 Å². The van der Waals surface area contributed by atoms with Crippen molar-refractivity contribution in [2.75, 3.05) is 0 Å². The molecule has 1 aromatic rings. The molecular formula is C10H12O4. The van der Waals surface area contributed by atoms with Crippen molar-refractivity contribution < 1.29 is 18.7 Å². The second kappa shape index (κ2) is 3.65. The summed E-state index contributed by atoms with van der Waals surface area (Å²) in [6, 6.07) is 1.35. The van der Waals surface area contributed by atoms with Crippen LogP contribution in [0, 0.1) is 0 Å². The number of ether oxygens (including phenoxy) is 1. The molecule has 4 heteroatoms. The van der Waals surface area contributed by atoms with Gasteiger partial charge >= 0.3 is 5.97 Å². The highest BCUT2D eigenvalue weighted by molar-refractivity contribution is 5.91. The van der Waals surface area contributed by atoms with Gasteiger partial charge in [-0.3, -0.25) is 4.79 Å². The average Bonchev–Trinajstić information content (AvgIpc) is 2.48. The molecule has 14 heavy (non-hydrogen) atoms. The van der Waals surface area contributed by atoms with Crippen LogP contribution < -0.4 is 0 Å². The number of esters is 1. The summed E-state index contributed by atoms with van der Waals surface area (Å²) >= 11 is 0. The second-order valence-electron chi connectivity index (χ2n) is 3.86. The number of hydrogen-bond acceptors (Lipinski definition) is 4. The molecule has 0 aliphatic heterocycles. The van der Waals surface area contributed by atoms with Gasteiger partial charge in [-0.2, -0.15) is 0 Å². The van der Waals surface area contributed by atoms with Crippen LogP contribution in [0.1, 0.15) is 41.7 Å². The fraction of sp³-hybridized carbons (Fsp3) is 0.400. The first-order valence-electron chi connectivity index (χ1n) is 4.19. The summed E-state index contributed by atoms with van der Waals surface area (Å²) < 4.78 is 9.85. The van der Waals surface area contributed by atoms with Gasteiger partial charge in [0.1, 0.15) is 11.9 Å².